The van der Waals surface area contributed by atoms with Gasteiger partial charge >= 0.3 is 0 Å². The highest BCUT2D eigenvalue weighted by Crippen LogP contribution is 2.61. The Morgan fingerprint density at radius 1 is 0.311 bits per heavy atom. The monoisotopic (exact) mass is 773 g/mol. The number of nitrogens with zero attached hydrogens (tertiary/aromatic N) is 3. The molecule has 1 atom stereocenters. The second kappa shape index (κ2) is 13.0. The molecule has 0 saturated heterocycles. The number of hydrogen-bond donors (Lipinski definition) is 0. The first-order chi connectivity index (χ1) is 30.2. The molecule has 11 aromatic rings. The number of fused-ring (bicyclic) bond motifs is 10. The van der Waals surface area contributed by atoms with Crippen LogP contribution in [-0.2, 0) is 5.41 Å². The van der Waals surface area contributed by atoms with E-state index in [0.717, 1.165) is 22.3 Å². The number of aromatic nitrogens is 3. The first-order valence-corrected chi connectivity index (χ1v) is 20.9. The van der Waals surface area contributed by atoms with E-state index in [1.54, 1.807) is 0 Å². The molecule has 1 spiro atoms. The highest BCUT2D eigenvalue weighted by molar-refractivity contribution is 6.27. The van der Waals surface area contributed by atoms with Crippen LogP contribution < -0.4 is 0 Å². The molecule has 0 amide bonds. The predicted octanol–water partition coefficient (Wildman–Crippen LogP) is 14.3. The molecular formula is C58H35N3. The van der Waals surface area contributed by atoms with Crippen molar-refractivity contribution in [3.8, 4) is 56.4 Å². The second-order valence-corrected chi connectivity index (χ2v) is 16.3. The minimum absolute atomic E-state index is 0.632. The summed E-state index contributed by atoms with van der Waals surface area (Å²) >= 11 is 0. The van der Waals surface area contributed by atoms with Gasteiger partial charge in [0.1, 0.15) is 0 Å². The van der Waals surface area contributed by atoms with Crippen LogP contribution in [-0.4, -0.2) is 15.0 Å². The molecule has 2 aliphatic rings. The van der Waals surface area contributed by atoms with Crippen molar-refractivity contribution < 1.29 is 0 Å². The lowest BCUT2D eigenvalue weighted by Gasteiger charge is -2.35. The standard InChI is InChI=1S/C58H35N3/c1-3-12-36(13-4-1)37-22-28-43(29-23-37)56-59-55(42-15-5-2-6-16-42)60-57(61-56)45-31-26-39-25-24-38-14-7-9-20-48(38)58(50(39)35-45)49-21-10-8-19-46(49)54-47-33-32-41-18-11-17-40-27-30-44(34-51(54)58)53(47)52(40)41/h1-35H. The van der Waals surface area contributed by atoms with Crippen LogP contribution in [0.3, 0.4) is 0 Å². The summed E-state index contributed by atoms with van der Waals surface area (Å²) in [6, 6.07) is 72.5. The Morgan fingerprint density at radius 2 is 0.852 bits per heavy atom. The average Bonchev–Trinajstić information content (AvgIpc) is 3.54. The summed E-state index contributed by atoms with van der Waals surface area (Å²) in [6.45, 7) is 0. The molecule has 10 aromatic carbocycles. The van der Waals surface area contributed by atoms with E-state index < -0.39 is 5.41 Å². The summed E-state index contributed by atoms with van der Waals surface area (Å²) in [5, 5.41) is 7.76. The number of hydrogen-bond acceptors (Lipinski definition) is 3. The van der Waals surface area contributed by atoms with E-state index in [-0.39, 0.29) is 0 Å². The van der Waals surface area contributed by atoms with Crippen LogP contribution in [0.5, 0.6) is 0 Å². The highest BCUT2D eigenvalue weighted by atomic mass is 15.0. The third-order valence-electron chi connectivity index (χ3n) is 13.1. The Hall–Kier alpha value is -8.01. The molecule has 3 nitrogen and oxygen atoms in total. The summed E-state index contributed by atoms with van der Waals surface area (Å²) in [7, 11) is 0. The maximum Gasteiger partial charge on any atom is 0.164 e. The van der Waals surface area contributed by atoms with Crippen molar-refractivity contribution in [2.45, 2.75) is 5.41 Å². The fourth-order valence-electron chi connectivity index (χ4n) is 10.4. The molecule has 0 bridgehead atoms. The molecule has 1 aromatic heterocycles. The van der Waals surface area contributed by atoms with E-state index in [0.29, 0.717) is 17.5 Å². The summed E-state index contributed by atoms with van der Waals surface area (Å²) < 4.78 is 0. The van der Waals surface area contributed by atoms with Crippen LogP contribution >= 0.6 is 0 Å². The minimum atomic E-state index is -0.632. The van der Waals surface area contributed by atoms with Crippen molar-refractivity contribution in [3.05, 3.63) is 234 Å². The summed E-state index contributed by atoms with van der Waals surface area (Å²) in [6.07, 6.45) is 4.59. The normalized spacial score (nSPS) is 14.9. The van der Waals surface area contributed by atoms with Gasteiger partial charge in [-0.3, -0.25) is 0 Å². The van der Waals surface area contributed by atoms with Crippen LogP contribution in [0, 0.1) is 0 Å². The van der Waals surface area contributed by atoms with E-state index >= 15 is 0 Å². The SMILES string of the molecule is C1=Cc2ccc(-c3nc(-c4ccccc4)nc(-c4ccc(-c5ccccc5)cc4)n3)cc2C2(c3ccccc31)c1ccccc1-c1c2cc2ccc3cccc4ccc1c2c34. The van der Waals surface area contributed by atoms with Crippen molar-refractivity contribution in [2.24, 2.45) is 0 Å². The Bertz CT molecular complexity index is 3560. The lowest BCUT2D eigenvalue weighted by atomic mass is 9.65. The maximum atomic E-state index is 5.28. The van der Waals surface area contributed by atoms with Gasteiger partial charge in [0.2, 0.25) is 0 Å². The molecule has 2 aliphatic carbocycles. The van der Waals surface area contributed by atoms with Gasteiger partial charge in [0.25, 0.3) is 0 Å². The van der Waals surface area contributed by atoms with Crippen molar-refractivity contribution >= 4 is 44.5 Å². The Labute approximate surface area is 353 Å². The van der Waals surface area contributed by atoms with Gasteiger partial charge in [0.05, 0.1) is 5.41 Å². The van der Waals surface area contributed by atoms with E-state index in [1.807, 2.05) is 24.3 Å². The van der Waals surface area contributed by atoms with Crippen molar-refractivity contribution in [2.75, 3.05) is 0 Å². The summed E-state index contributed by atoms with van der Waals surface area (Å²) in [5.74, 6) is 1.92. The van der Waals surface area contributed by atoms with Gasteiger partial charge in [-0.25, -0.2) is 15.0 Å². The molecule has 0 N–H and O–H groups in total. The molecular weight excluding hydrogens is 739 g/mol. The summed E-state index contributed by atoms with van der Waals surface area (Å²) in [5.41, 5.74) is 14.5. The van der Waals surface area contributed by atoms with Crippen LogP contribution in [0.1, 0.15) is 33.4 Å². The van der Waals surface area contributed by atoms with Crippen LogP contribution in [0.2, 0.25) is 0 Å². The highest BCUT2D eigenvalue weighted by Gasteiger charge is 2.49. The van der Waals surface area contributed by atoms with Gasteiger partial charge in [0, 0.05) is 16.7 Å². The summed E-state index contributed by atoms with van der Waals surface area (Å²) in [4.78, 5) is 15.6. The Balaban J connectivity index is 1.08. The van der Waals surface area contributed by atoms with E-state index in [1.165, 1.54) is 82.4 Å². The van der Waals surface area contributed by atoms with E-state index in [9.17, 15) is 0 Å². The molecule has 13 rings (SSSR count). The zero-order chi connectivity index (χ0) is 40.1. The third-order valence-corrected chi connectivity index (χ3v) is 13.1. The first kappa shape index (κ1) is 33.9. The number of rotatable bonds is 4. The van der Waals surface area contributed by atoms with Crippen LogP contribution in [0.15, 0.2) is 200 Å². The maximum absolute atomic E-state index is 5.28. The molecule has 0 radical (unpaired) electrons. The van der Waals surface area contributed by atoms with Crippen LogP contribution in [0.4, 0.5) is 0 Å². The van der Waals surface area contributed by atoms with Crippen molar-refractivity contribution in [3.63, 3.8) is 0 Å². The van der Waals surface area contributed by atoms with Gasteiger partial charge in [-0.1, -0.05) is 200 Å². The quantitative estimate of drug-likeness (QED) is 0.167. The molecule has 0 fully saturated rings. The topological polar surface area (TPSA) is 38.7 Å². The second-order valence-electron chi connectivity index (χ2n) is 16.3. The largest absolute Gasteiger partial charge is 0.208 e. The lowest BCUT2D eigenvalue weighted by molar-refractivity contribution is 0.768. The van der Waals surface area contributed by atoms with Gasteiger partial charge in [-0.05, 0) is 100 Å². The fourth-order valence-corrected chi connectivity index (χ4v) is 10.4. The third kappa shape index (κ3) is 4.95. The van der Waals surface area contributed by atoms with Gasteiger partial charge in [-0.15, -0.1) is 0 Å². The van der Waals surface area contributed by atoms with Crippen molar-refractivity contribution in [1.82, 2.24) is 15.0 Å². The Kier molecular flexibility index (Phi) is 7.22. The molecule has 61 heavy (non-hydrogen) atoms. The minimum Gasteiger partial charge on any atom is -0.208 e. The molecule has 282 valence electrons. The Morgan fingerprint density at radius 3 is 1.61 bits per heavy atom. The molecule has 0 aliphatic heterocycles. The van der Waals surface area contributed by atoms with Gasteiger partial charge in [-0.2, -0.15) is 0 Å². The lowest BCUT2D eigenvalue weighted by Crippen LogP contribution is -2.30. The zero-order valence-electron chi connectivity index (χ0n) is 33.0. The smallest absolute Gasteiger partial charge is 0.164 e. The van der Waals surface area contributed by atoms with Gasteiger partial charge in [0.15, 0.2) is 17.5 Å². The predicted molar refractivity (Wildman–Crippen MR) is 252 cm³/mol. The molecule has 0 saturated carbocycles. The van der Waals surface area contributed by atoms with Crippen LogP contribution in [0.25, 0.3) is 101 Å². The number of benzene rings is 10. The van der Waals surface area contributed by atoms with Gasteiger partial charge < -0.3 is 0 Å². The fraction of sp³-hybridized carbons (Fsp3) is 0.0172. The molecule has 1 unspecified atom stereocenters. The van der Waals surface area contributed by atoms with Crippen molar-refractivity contribution in [1.29, 1.82) is 0 Å². The first-order valence-electron chi connectivity index (χ1n) is 20.9. The molecule has 1 heterocycles. The zero-order valence-corrected chi connectivity index (χ0v) is 33.0. The molecule has 3 heteroatoms. The van der Waals surface area contributed by atoms with E-state index in [2.05, 4.69) is 188 Å². The average molecular weight is 774 g/mol. The van der Waals surface area contributed by atoms with E-state index in [4.69, 9.17) is 15.0 Å².